The second kappa shape index (κ2) is 9.61. The summed E-state index contributed by atoms with van der Waals surface area (Å²) in [4.78, 5) is 37.8. The third kappa shape index (κ3) is 4.72. The summed E-state index contributed by atoms with van der Waals surface area (Å²) in [5.74, 6) is 0.441. The molecule has 3 aromatic rings. The van der Waals surface area contributed by atoms with Gasteiger partial charge in [0, 0.05) is 61.6 Å². The van der Waals surface area contributed by atoms with Crippen LogP contribution in [0, 0.1) is 12.3 Å². The second-order valence-electron chi connectivity index (χ2n) is 10.1. The van der Waals surface area contributed by atoms with Crippen LogP contribution >= 0.6 is 0 Å². The third-order valence-electron chi connectivity index (χ3n) is 7.90. The Morgan fingerprint density at radius 2 is 1.82 bits per heavy atom. The number of fused-ring (bicyclic) bond motifs is 1. The highest BCUT2D eigenvalue weighted by Gasteiger charge is 2.40. The molecule has 1 spiro atoms. The van der Waals surface area contributed by atoms with Gasteiger partial charge in [0.15, 0.2) is 0 Å². The first kappa shape index (κ1) is 22.6. The van der Waals surface area contributed by atoms with Crippen molar-refractivity contribution in [3.8, 4) is 0 Å². The number of pyridine rings is 1. The number of amides is 2. The minimum atomic E-state index is 0.159. The van der Waals surface area contributed by atoms with Gasteiger partial charge in [0.1, 0.15) is 0 Å². The Kier molecular flexibility index (Phi) is 6.40. The van der Waals surface area contributed by atoms with E-state index in [4.69, 9.17) is 0 Å². The van der Waals surface area contributed by atoms with E-state index in [-0.39, 0.29) is 17.2 Å². The number of aromatic amines is 1. The standard InChI is InChI=1S/C28H34N4O2/c1-21-6-4-14-29-24(21)9-10-26(33)32-15-5-11-28(20-32)12-16-31(17-13-28)27(34)18-22-19-30-25-8-3-2-7-23(22)25/h2-4,6-8,14,19,30H,5,9-13,15-18,20H2,1H3. The van der Waals surface area contributed by atoms with Crippen molar-refractivity contribution in [2.24, 2.45) is 5.41 Å². The van der Waals surface area contributed by atoms with E-state index in [0.717, 1.165) is 79.6 Å². The molecule has 0 atom stereocenters. The first-order chi connectivity index (χ1) is 16.5. The normalized spacial score (nSPS) is 17.9. The van der Waals surface area contributed by atoms with Crippen LogP contribution in [-0.2, 0) is 22.4 Å². The number of H-pyrrole nitrogens is 1. The van der Waals surface area contributed by atoms with Gasteiger partial charge in [-0.15, -0.1) is 0 Å². The Morgan fingerprint density at radius 3 is 2.65 bits per heavy atom. The van der Waals surface area contributed by atoms with Crippen LogP contribution in [-0.4, -0.2) is 57.8 Å². The van der Waals surface area contributed by atoms with Crippen LogP contribution in [0.2, 0.25) is 0 Å². The molecule has 4 heterocycles. The molecule has 0 radical (unpaired) electrons. The van der Waals surface area contributed by atoms with Crippen molar-refractivity contribution >= 4 is 22.7 Å². The molecule has 0 aliphatic carbocycles. The molecule has 0 saturated carbocycles. The van der Waals surface area contributed by atoms with E-state index in [1.165, 1.54) is 0 Å². The lowest BCUT2D eigenvalue weighted by Gasteiger charge is -2.47. The average Bonchev–Trinajstić information content (AvgIpc) is 3.26. The summed E-state index contributed by atoms with van der Waals surface area (Å²) in [5, 5.41) is 1.13. The van der Waals surface area contributed by atoms with Gasteiger partial charge < -0.3 is 14.8 Å². The molecule has 0 unspecified atom stereocenters. The fraction of sp³-hybridized carbons (Fsp3) is 0.464. The third-order valence-corrected chi connectivity index (χ3v) is 7.90. The maximum absolute atomic E-state index is 13.0. The fourth-order valence-electron chi connectivity index (χ4n) is 5.78. The van der Waals surface area contributed by atoms with Crippen molar-refractivity contribution in [3.05, 3.63) is 65.6 Å². The zero-order valence-electron chi connectivity index (χ0n) is 20.1. The molecule has 2 fully saturated rings. The average molecular weight is 459 g/mol. The molecule has 6 heteroatoms. The zero-order chi connectivity index (χ0) is 23.5. The van der Waals surface area contributed by atoms with Crippen LogP contribution in [0.15, 0.2) is 48.8 Å². The Hall–Kier alpha value is -3.15. The number of piperidine rings is 2. The maximum atomic E-state index is 13.0. The lowest BCUT2D eigenvalue weighted by molar-refractivity contribution is -0.139. The van der Waals surface area contributed by atoms with Crippen LogP contribution in [0.3, 0.4) is 0 Å². The highest BCUT2D eigenvalue weighted by molar-refractivity contribution is 5.89. The predicted octanol–water partition coefficient (Wildman–Crippen LogP) is 4.28. The molecule has 2 aliphatic rings. The van der Waals surface area contributed by atoms with Crippen LogP contribution in [0.1, 0.15) is 48.9 Å². The van der Waals surface area contributed by atoms with E-state index in [0.29, 0.717) is 19.3 Å². The number of rotatable bonds is 5. The maximum Gasteiger partial charge on any atom is 0.227 e. The van der Waals surface area contributed by atoms with Crippen molar-refractivity contribution < 1.29 is 9.59 Å². The smallest absolute Gasteiger partial charge is 0.227 e. The van der Waals surface area contributed by atoms with E-state index in [1.54, 1.807) is 6.20 Å². The van der Waals surface area contributed by atoms with E-state index >= 15 is 0 Å². The molecule has 2 aromatic heterocycles. The number of hydrogen-bond acceptors (Lipinski definition) is 3. The molecule has 2 aliphatic heterocycles. The molecular weight excluding hydrogens is 424 g/mol. The minimum absolute atomic E-state index is 0.159. The van der Waals surface area contributed by atoms with Crippen LogP contribution in [0.25, 0.3) is 10.9 Å². The molecule has 5 rings (SSSR count). The van der Waals surface area contributed by atoms with Gasteiger partial charge in [-0.05, 0) is 67.7 Å². The molecule has 2 amide bonds. The van der Waals surface area contributed by atoms with Crippen LogP contribution in [0.4, 0.5) is 0 Å². The van der Waals surface area contributed by atoms with Crippen molar-refractivity contribution in [2.45, 2.75) is 51.9 Å². The van der Waals surface area contributed by atoms with Crippen LogP contribution < -0.4 is 0 Å². The second-order valence-corrected chi connectivity index (χ2v) is 10.1. The minimum Gasteiger partial charge on any atom is -0.361 e. The van der Waals surface area contributed by atoms with Crippen molar-refractivity contribution in [2.75, 3.05) is 26.2 Å². The highest BCUT2D eigenvalue weighted by atomic mass is 16.2. The monoisotopic (exact) mass is 458 g/mol. The van der Waals surface area contributed by atoms with Gasteiger partial charge in [0.25, 0.3) is 0 Å². The number of para-hydroxylation sites is 1. The van der Waals surface area contributed by atoms with E-state index < -0.39 is 0 Å². The number of aromatic nitrogens is 2. The summed E-state index contributed by atoms with van der Waals surface area (Å²) < 4.78 is 0. The Balaban J connectivity index is 1.15. The summed E-state index contributed by atoms with van der Waals surface area (Å²) in [6.45, 7) is 5.31. The Morgan fingerprint density at radius 1 is 1.00 bits per heavy atom. The molecule has 1 aromatic carbocycles. The number of nitrogens with one attached hydrogen (secondary N) is 1. The van der Waals surface area contributed by atoms with Gasteiger partial charge in [-0.25, -0.2) is 0 Å². The number of hydrogen-bond donors (Lipinski definition) is 1. The fourth-order valence-corrected chi connectivity index (χ4v) is 5.78. The van der Waals surface area contributed by atoms with Gasteiger partial charge in [-0.2, -0.15) is 0 Å². The van der Waals surface area contributed by atoms with Gasteiger partial charge >= 0.3 is 0 Å². The summed E-state index contributed by atoms with van der Waals surface area (Å²) in [6, 6.07) is 12.1. The largest absolute Gasteiger partial charge is 0.361 e. The Labute approximate surface area is 201 Å². The summed E-state index contributed by atoms with van der Waals surface area (Å²) in [6.07, 6.45) is 9.59. The first-order valence-electron chi connectivity index (χ1n) is 12.5. The number of aryl methyl sites for hydroxylation is 2. The number of likely N-dealkylation sites (tertiary alicyclic amines) is 2. The SMILES string of the molecule is Cc1cccnc1CCC(=O)N1CCCC2(CCN(C(=O)Cc3c[nH]c4ccccc34)CC2)C1. The quantitative estimate of drug-likeness (QED) is 0.621. The number of carbonyl (C=O) groups is 2. The van der Waals surface area contributed by atoms with Gasteiger partial charge in [0.2, 0.25) is 11.8 Å². The summed E-state index contributed by atoms with van der Waals surface area (Å²) >= 11 is 0. The van der Waals surface area contributed by atoms with E-state index in [9.17, 15) is 9.59 Å². The Bertz CT molecular complexity index is 1180. The molecule has 34 heavy (non-hydrogen) atoms. The number of benzene rings is 1. The molecule has 0 bridgehead atoms. The lowest BCUT2D eigenvalue weighted by atomic mass is 9.72. The van der Waals surface area contributed by atoms with Crippen molar-refractivity contribution in [3.63, 3.8) is 0 Å². The molecular formula is C28H34N4O2. The molecule has 1 N–H and O–H groups in total. The molecule has 178 valence electrons. The topological polar surface area (TPSA) is 69.3 Å². The number of nitrogens with zero attached hydrogens (tertiary/aromatic N) is 3. The van der Waals surface area contributed by atoms with Gasteiger partial charge in [0.05, 0.1) is 6.42 Å². The van der Waals surface area contributed by atoms with E-state index in [2.05, 4.69) is 33.9 Å². The zero-order valence-corrected chi connectivity index (χ0v) is 20.1. The molecule has 6 nitrogen and oxygen atoms in total. The molecule has 2 saturated heterocycles. The van der Waals surface area contributed by atoms with Gasteiger partial charge in [-0.1, -0.05) is 24.3 Å². The van der Waals surface area contributed by atoms with E-state index in [1.807, 2.05) is 35.4 Å². The van der Waals surface area contributed by atoms with Gasteiger partial charge in [-0.3, -0.25) is 14.6 Å². The van der Waals surface area contributed by atoms with Crippen LogP contribution in [0.5, 0.6) is 0 Å². The summed E-state index contributed by atoms with van der Waals surface area (Å²) in [5.41, 5.74) is 4.47. The first-order valence-corrected chi connectivity index (χ1v) is 12.5. The number of carbonyl (C=O) groups excluding carboxylic acids is 2. The lowest BCUT2D eigenvalue weighted by Crippen LogP contribution is -2.52. The van der Waals surface area contributed by atoms with Crippen molar-refractivity contribution in [1.29, 1.82) is 0 Å². The predicted molar refractivity (Wildman–Crippen MR) is 133 cm³/mol. The summed E-state index contributed by atoms with van der Waals surface area (Å²) in [7, 11) is 0. The highest BCUT2D eigenvalue weighted by Crippen LogP contribution is 2.40. The van der Waals surface area contributed by atoms with Crippen molar-refractivity contribution in [1.82, 2.24) is 19.8 Å².